The van der Waals surface area contributed by atoms with Crippen molar-refractivity contribution in [1.29, 1.82) is 0 Å². The molecule has 1 aliphatic carbocycles. The van der Waals surface area contributed by atoms with Crippen LogP contribution < -0.4 is 0 Å². The topological polar surface area (TPSA) is 58.9 Å². The minimum atomic E-state index is -0.236. The zero-order valence-electron chi connectivity index (χ0n) is 28.5. The van der Waals surface area contributed by atoms with E-state index in [1.807, 2.05) is 0 Å². The first kappa shape index (κ1) is 39.1. The van der Waals surface area contributed by atoms with Crippen molar-refractivity contribution >= 4 is 0 Å². The molecule has 42 heavy (non-hydrogen) atoms. The highest BCUT2D eigenvalue weighted by atomic mass is 16.6. The fraction of sp³-hybridized carbons (Fsp3) is 0.947. The molecule has 2 N–H and O–H groups in total. The minimum Gasteiger partial charge on any atom is -0.506 e. The SMILES string of the molecule is CCCCCCCCCCCCCCCCCCC1CCC(O/C(O)=C(\O)CCCCCOCCCCCCC)CC1. The van der Waals surface area contributed by atoms with Crippen LogP contribution in [0.25, 0.3) is 0 Å². The molecular weight excluding hydrogens is 520 g/mol. The standard InChI is InChI=1S/C38H74O4/c1-3-5-7-9-10-11-12-13-14-15-16-17-18-19-20-23-27-35-29-31-36(32-30-35)42-38(40)37(39)28-24-22-26-34-41-33-25-21-8-6-4-2/h35-36,39-40H,3-34H2,1-2H3/b38-37-. The molecule has 0 amide bonds. The second-order valence-corrected chi connectivity index (χ2v) is 13.4. The molecule has 0 aromatic rings. The fourth-order valence-corrected chi connectivity index (χ4v) is 6.44. The Morgan fingerprint density at radius 1 is 0.500 bits per heavy atom. The predicted octanol–water partition coefficient (Wildman–Crippen LogP) is 13.0. The molecule has 0 radical (unpaired) electrons. The number of aliphatic hydroxyl groups is 2. The summed E-state index contributed by atoms with van der Waals surface area (Å²) in [6, 6.07) is 0. The van der Waals surface area contributed by atoms with Crippen molar-refractivity contribution in [3.05, 3.63) is 11.7 Å². The normalized spacial score (nSPS) is 17.9. The van der Waals surface area contributed by atoms with E-state index in [-0.39, 0.29) is 17.8 Å². The number of ether oxygens (including phenoxy) is 2. The van der Waals surface area contributed by atoms with Gasteiger partial charge in [-0.05, 0) is 50.9 Å². The lowest BCUT2D eigenvalue weighted by Gasteiger charge is -2.28. The first-order valence-corrected chi connectivity index (χ1v) is 19.0. The van der Waals surface area contributed by atoms with Crippen LogP contribution in [-0.4, -0.2) is 29.5 Å². The molecule has 250 valence electrons. The summed E-state index contributed by atoms with van der Waals surface area (Å²) in [6.07, 6.45) is 38.3. The van der Waals surface area contributed by atoms with Crippen LogP contribution in [0.15, 0.2) is 11.7 Å². The number of allylic oxidation sites excluding steroid dienone is 1. The predicted molar refractivity (Wildman–Crippen MR) is 181 cm³/mol. The maximum atomic E-state index is 10.2. The average Bonchev–Trinajstić information content (AvgIpc) is 3.00. The van der Waals surface area contributed by atoms with Crippen LogP contribution in [0.5, 0.6) is 0 Å². The van der Waals surface area contributed by atoms with Crippen molar-refractivity contribution < 1.29 is 19.7 Å². The molecule has 0 aliphatic heterocycles. The van der Waals surface area contributed by atoms with Gasteiger partial charge in [-0.15, -0.1) is 0 Å². The van der Waals surface area contributed by atoms with Gasteiger partial charge in [-0.3, -0.25) is 0 Å². The van der Waals surface area contributed by atoms with E-state index < -0.39 is 0 Å². The number of aliphatic hydroxyl groups excluding tert-OH is 2. The van der Waals surface area contributed by atoms with Crippen molar-refractivity contribution in [2.75, 3.05) is 13.2 Å². The van der Waals surface area contributed by atoms with Gasteiger partial charge in [0.2, 0.25) is 0 Å². The van der Waals surface area contributed by atoms with Crippen LogP contribution in [0.3, 0.4) is 0 Å². The summed E-state index contributed by atoms with van der Waals surface area (Å²) in [5.74, 6) is 0.594. The molecule has 1 aliphatic rings. The molecular formula is C38H74O4. The molecule has 1 fully saturated rings. The van der Waals surface area contributed by atoms with Crippen molar-refractivity contribution in [3.8, 4) is 0 Å². The molecule has 1 rings (SSSR count). The Hall–Kier alpha value is -0.900. The molecule has 4 heteroatoms. The third-order valence-corrected chi connectivity index (χ3v) is 9.38. The van der Waals surface area contributed by atoms with Gasteiger partial charge >= 0.3 is 5.95 Å². The third-order valence-electron chi connectivity index (χ3n) is 9.38. The highest BCUT2D eigenvalue weighted by molar-refractivity contribution is 4.92. The lowest BCUT2D eigenvalue weighted by molar-refractivity contribution is -0.00787. The molecule has 4 nitrogen and oxygen atoms in total. The van der Waals surface area contributed by atoms with Gasteiger partial charge in [0, 0.05) is 19.6 Å². The lowest BCUT2D eigenvalue weighted by atomic mass is 9.84. The van der Waals surface area contributed by atoms with Gasteiger partial charge in [0.25, 0.3) is 0 Å². The molecule has 0 heterocycles. The molecule has 0 bridgehead atoms. The number of rotatable bonds is 31. The van der Waals surface area contributed by atoms with E-state index in [2.05, 4.69) is 13.8 Å². The van der Waals surface area contributed by atoms with Gasteiger partial charge in [-0.1, -0.05) is 155 Å². The Bertz CT molecular complexity index is 582. The number of hydrogen-bond donors (Lipinski definition) is 2. The Labute approximate surface area is 262 Å². The van der Waals surface area contributed by atoms with Crippen molar-refractivity contribution in [2.24, 2.45) is 5.92 Å². The van der Waals surface area contributed by atoms with Crippen molar-refractivity contribution in [2.45, 2.75) is 213 Å². The first-order valence-electron chi connectivity index (χ1n) is 19.0. The van der Waals surface area contributed by atoms with Gasteiger partial charge in [-0.2, -0.15) is 0 Å². The largest absolute Gasteiger partial charge is 0.506 e. The second-order valence-electron chi connectivity index (χ2n) is 13.4. The van der Waals surface area contributed by atoms with E-state index in [1.165, 1.54) is 148 Å². The molecule has 1 saturated carbocycles. The Kier molecular flexibility index (Phi) is 28.1. The summed E-state index contributed by atoms with van der Waals surface area (Å²) in [5, 5.41) is 20.5. The molecule has 0 aromatic carbocycles. The fourth-order valence-electron chi connectivity index (χ4n) is 6.44. The van der Waals surface area contributed by atoms with Crippen LogP contribution in [0.4, 0.5) is 0 Å². The summed E-state index contributed by atoms with van der Waals surface area (Å²) in [6.45, 7) is 6.19. The summed E-state index contributed by atoms with van der Waals surface area (Å²) in [7, 11) is 0. The Morgan fingerprint density at radius 3 is 1.38 bits per heavy atom. The van der Waals surface area contributed by atoms with Crippen LogP contribution in [0.1, 0.15) is 206 Å². The smallest absolute Gasteiger partial charge is 0.316 e. The third kappa shape index (κ3) is 24.5. The Morgan fingerprint density at radius 2 is 0.905 bits per heavy atom. The van der Waals surface area contributed by atoms with Gasteiger partial charge in [-0.25, -0.2) is 0 Å². The second kappa shape index (κ2) is 30.1. The van der Waals surface area contributed by atoms with E-state index in [0.717, 1.165) is 57.7 Å². The van der Waals surface area contributed by atoms with E-state index >= 15 is 0 Å². The number of unbranched alkanes of at least 4 members (excludes halogenated alkanes) is 21. The van der Waals surface area contributed by atoms with E-state index in [1.54, 1.807) is 0 Å². The Balaban J connectivity index is 1.89. The number of hydrogen-bond acceptors (Lipinski definition) is 4. The van der Waals surface area contributed by atoms with Crippen LogP contribution in [-0.2, 0) is 9.47 Å². The zero-order chi connectivity index (χ0) is 30.4. The quantitative estimate of drug-likeness (QED) is 0.0619. The van der Waals surface area contributed by atoms with Gasteiger partial charge in [0.05, 0.1) is 0 Å². The molecule has 0 unspecified atom stereocenters. The van der Waals surface area contributed by atoms with Crippen LogP contribution in [0, 0.1) is 5.92 Å². The van der Waals surface area contributed by atoms with Gasteiger partial charge < -0.3 is 19.7 Å². The highest BCUT2D eigenvalue weighted by Crippen LogP contribution is 2.31. The van der Waals surface area contributed by atoms with E-state index in [9.17, 15) is 10.2 Å². The summed E-state index contributed by atoms with van der Waals surface area (Å²) in [5.41, 5.74) is 0. The van der Waals surface area contributed by atoms with Gasteiger partial charge in [0.15, 0.2) is 5.76 Å². The maximum absolute atomic E-state index is 10.2. The summed E-state index contributed by atoms with van der Waals surface area (Å²) >= 11 is 0. The van der Waals surface area contributed by atoms with Crippen LogP contribution in [0.2, 0.25) is 0 Å². The van der Waals surface area contributed by atoms with Gasteiger partial charge in [0.1, 0.15) is 6.10 Å². The molecule has 0 spiro atoms. The molecule has 0 saturated heterocycles. The molecule has 0 atom stereocenters. The first-order chi connectivity index (χ1) is 20.7. The summed E-state index contributed by atoms with van der Waals surface area (Å²) < 4.78 is 11.5. The van der Waals surface area contributed by atoms with Crippen molar-refractivity contribution in [3.63, 3.8) is 0 Å². The minimum absolute atomic E-state index is 0.0159. The molecule has 0 aromatic heterocycles. The van der Waals surface area contributed by atoms with E-state index in [4.69, 9.17) is 9.47 Å². The zero-order valence-corrected chi connectivity index (χ0v) is 28.5. The monoisotopic (exact) mass is 595 g/mol. The van der Waals surface area contributed by atoms with E-state index in [0.29, 0.717) is 6.42 Å². The average molecular weight is 595 g/mol. The van der Waals surface area contributed by atoms with Crippen molar-refractivity contribution in [1.82, 2.24) is 0 Å². The maximum Gasteiger partial charge on any atom is 0.316 e. The lowest BCUT2D eigenvalue weighted by Crippen LogP contribution is -2.22. The summed E-state index contributed by atoms with van der Waals surface area (Å²) in [4.78, 5) is 0. The van der Waals surface area contributed by atoms with Crippen LogP contribution >= 0.6 is 0 Å². The highest BCUT2D eigenvalue weighted by Gasteiger charge is 2.23.